The van der Waals surface area contributed by atoms with E-state index in [0.29, 0.717) is 17.4 Å². The van der Waals surface area contributed by atoms with Gasteiger partial charge in [0.1, 0.15) is 5.82 Å². The predicted molar refractivity (Wildman–Crippen MR) is 94.8 cm³/mol. The molecule has 24 heavy (non-hydrogen) atoms. The van der Waals surface area contributed by atoms with Crippen LogP contribution in [0.5, 0.6) is 0 Å². The van der Waals surface area contributed by atoms with Crippen LogP contribution in [0.4, 0.5) is 15.2 Å². The summed E-state index contributed by atoms with van der Waals surface area (Å²) in [5.41, 5.74) is 1.53. The van der Waals surface area contributed by atoms with Crippen LogP contribution in [0.15, 0.2) is 29.6 Å². The minimum atomic E-state index is -0.435. The molecule has 1 aliphatic heterocycles. The van der Waals surface area contributed by atoms with Gasteiger partial charge in [-0.15, -0.1) is 11.3 Å². The lowest BCUT2D eigenvalue weighted by Gasteiger charge is -2.16. The van der Waals surface area contributed by atoms with Gasteiger partial charge in [-0.1, -0.05) is 0 Å². The number of thioether (sulfide) groups is 1. The van der Waals surface area contributed by atoms with Crippen molar-refractivity contribution in [3.8, 4) is 0 Å². The second-order valence-electron chi connectivity index (χ2n) is 5.45. The highest BCUT2D eigenvalue weighted by molar-refractivity contribution is 7.97. The smallest absolute Gasteiger partial charge is 0.231 e. The first kappa shape index (κ1) is 16.9. The number of halogens is 1. The van der Waals surface area contributed by atoms with E-state index in [1.165, 1.54) is 28.4 Å². The lowest BCUT2D eigenvalue weighted by Crippen LogP contribution is -2.28. The van der Waals surface area contributed by atoms with Crippen LogP contribution in [-0.4, -0.2) is 29.6 Å². The predicted octanol–water partition coefficient (Wildman–Crippen LogP) is 3.14. The van der Waals surface area contributed by atoms with E-state index in [4.69, 9.17) is 0 Å². The zero-order valence-electron chi connectivity index (χ0n) is 13.0. The highest BCUT2D eigenvalue weighted by Gasteiger charge is 2.35. The topological polar surface area (TPSA) is 62.3 Å². The average Bonchev–Trinajstić information content (AvgIpc) is 3.15. The molecule has 3 rings (SSSR count). The van der Waals surface area contributed by atoms with Gasteiger partial charge in [0, 0.05) is 29.8 Å². The molecule has 2 amide bonds. The summed E-state index contributed by atoms with van der Waals surface area (Å²) in [7, 11) is 0. The Bertz CT molecular complexity index is 748. The molecule has 0 radical (unpaired) electrons. The summed E-state index contributed by atoms with van der Waals surface area (Å²) in [6.45, 7) is 0.291. The molecule has 8 heteroatoms. The molecule has 1 atom stereocenters. The van der Waals surface area contributed by atoms with Crippen LogP contribution in [0, 0.1) is 11.7 Å². The number of nitrogens with zero attached hydrogens (tertiary/aromatic N) is 2. The van der Waals surface area contributed by atoms with Crippen molar-refractivity contribution >= 4 is 45.7 Å². The van der Waals surface area contributed by atoms with Crippen LogP contribution in [0.2, 0.25) is 0 Å². The average molecular weight is 365 g/mol. The molecule has 0 spiro atoms. The molecule has 126 valence electrons. The standard InChI is InChI=1S/C16H16FN3O2S2/c1-23-8-12-9-24-16(18-12)19-15(22)10-6-14(21)20(7-10)13-4-2-11(17)3-5-13/h2-5,9-10H,6-8H2,1H3,(H,18,19,22). The second kappa shape index (κ2) is 7.31. The first-order chi connectivity index (χ1) is 11.6. The van der Waals surface area contributed by atoms with Gasteiger partial charge < -0.3 is 10.2 Å². The van der Waals surface area contributed by atoms with E-state index in [-0.39, 0.29) is 24.1 Å². The maximum absolute atomic E-state index is 13.0. The summed E-state index contributed by atoms with van der Waals surface area (Å²) < 4.78 is 13.0. The molecule has 1 unspecified atom stereocenters. The Morgan fingerprint density at radius 1 is 1.46 bits per heavy atom. The lowest BCUT2D eigenvalue weighted by molar-refractivity contribution is -0.122. The van der Waals surface area contributed by atoms with E-state index in [2.05, 4.69) is 10.3 Å². The molecule has 1 fully saturated rings. The quantitative estimate of drug-likeness (QED) is 0.884. The van der Waals surface area contributed by atoms with E-state index >= 15 is 0 Å². The Morgan fingerprint density at radius 3 is 2.92 bits per heavy atom. The molecule has 1 aliphatic rings. The summed E-state index contributed by atoms with van der Waals surface area (Å²) in [6.07, 6.45) is 2.14. The van der Waals surface area contributed by atoms with Gasteiger partial charge in [0.15, 0.2) is 5.13 Å². The van der Waals surface area contributed by atoms with Crippen LogP contribution in [-0.2, 0) is 15.3 Å². The van der Waals surface area contributed by atoms with Crippen LogP contribution < -0.4 is 10.2 Å². The molecule has 1 saturated heterocycles. The van der Waals surface area contributed by atoms with Crippen molar-refractivity contribution in [3.63, 3.8) is 0 Å². The number of aromatic nitrogens is 1. The van der Waals surface area contributed by atoms with Gasteiger partial charge in [-0.3, -0.25) is 9.59 Å². The third-order valence-corrected chi connectivity index (χ3v) is 5.10. The van der Waals surface area contributed by atoms with Crippen LogP contribution in [0.3, 0.4) is 0 Å². The number of carbonyl (C=O) groups is 2. The monoisotopic (exact) mass is 365 g/mol. The first-order valence-corrected chi connectivity index (χ1v) is 9.64. The number of hydrogen-bond acceptors (Lipinski definition) is 5. The van der Waals surface area contributed by atoms with Crippen molar-refractivity contribution < 1.29 is 14.0 Å². The van der Waals surface area contributed by atoms with Crippen LogP contribution in [0.25, 0.3) is 0 Å². The Morgan fingerprint density at radius 2 is 2.21 bits per heavy atom. The molecule has 0 saturated carbocycles. The number of benzene rings is 1. The van der Waals surface area contributed by atoms with Gasteiger partial charge in [-0.25, -0.2) is 9.37 Å². The van der Waals surface area contributed by atoms with Crippen molar-refractivity contribution in [1.29, 1.82) is 0 Å². The lowest BCUT2D eigenvalue weighted by atomic mass is 10.1. The summed E-state index contributed by atoms with van der Waals surface area (Å²) in [5.74, 6) is -0.339. The van der Waals surface area contributed by atoms with Crippen molar-refractivity contribution in [3.05, 3.63) is 41.2 Å². The van der Waals surface area contributed by atoms with Gasteiger partial charge in [0.25, 0.3) is 0 Å². The number of amides is 2. The Labute approximate surface area is 147 Å². The Balaban J connectivity index is 1.64. The minimum Gasteiger partial charge on any atom is -0.312 e. The van der Waals surface area contributed by atoms with E-state index in [9.17, 15) is 14.0 Å². The highest BCUT2D eigenvalue weighted by atomic mass is 32.2. The summed E-state index contributed by atoms with van der Waals surface area (Å²) in [5, 5.41) is 5.25. The summed E-state index contributed by atoms with van der Waals surface area (Å²) >= 11 is 3.04. The summed E-state index contributed by atoms with van der Waals surface area (Å²) in [4.78, 5) is 30.4. The van der Waals surface area contributed by atoms with Crippen LogP contribution >= 0.6 is 23.1 Å². The molecular weight excluding hydrogens is 349 g/mol. The molecular formula is C16H16FN3O2S2. The maximum atomic E-state index is 13.0. The van der Waals surface area contributed by atoms with Crippen LogP contribution in [0.1, 0.15) is 12.1 Å². The zero-order valence-corrected chi connectivity index (χ0v) is 14.6. The van der Waals surface area contributed by atoms with E-state index in [1.807, 2.05) is 11.6 Å². The number of hydrogen-bond donors (Lipinski definition) is 1. The molecule has 1 aromatic carbocycles. The van der Waals surface area contributed by atoms with Crippen molar-refractivity contribution in [1.82, 2.24) is 4.98 Å². The van der Waals surface area contributed by atoms with E-state index in [0.717, 1.165) is 11.4 Å². The van der Waals surface area contributed by atoms with Crippen molar-refractivity contribution in [2.45, 2.75) is 12.2 Å². The fourth-order valence-corrected chi connectivity index (χ4v) is 3.80. The fraction of sp³-hybridized carbons (Fsp3) is 0.312. The van der Waals surface area contributed by atoms with Gasteiger partial charge >= 0.3 is 0 Å². The third kappa shape index (κ3) is 3.76. The third-order valence-electron chi connectivity index (χ3n) is 3.71. The number of nitrogens with one attached hydrogen (secondary N) is 1. The molecule has 1 aromatic heterocycles. The summed E-state index contributed by atoms with van der Waals surface area (Å²) in [6, 6.07) is 5.70. The number of rotatable bonds is 5. The SMILES string of the molecule is CSCc1csc(NC(=O)C2CC(=O)N(c3ccc(F)cc3)C2)n1. The van der Waals surface area contributed by atoms with Crippen molar-refractivity contribution in [2.24, 2.45) is 5.92 Å². The van der Waals surface area contributed by atoms with Gasteiger partial charge in [0.05, 0.1) is 11.6 Å². The zero-order chi connectivity index (χ0) is 17.1. The first-order valence-electron chi connectivity index (χ1n) is 7.37. The van der Waals surface area contributed by atoms with E-state index < -0.39 is 5.92 Å². The fourth-order valence-electron chi connectivity index (χ4n) is 2.54. The molecule has 5 nitrogen and oxygen atoms in total. The number of carbonyl (C=O) groups excluding carboxylic acids is 2. The largest absolute Gasteiger partial charge is 0.312 e. The molecule has 0 aliphatic carbocycles. The van der Waals surface area contributed by atoms with E-state index in [1.54, 1.807) is 23.9 Å². The second-order valence-corrected chi connectivity index (χ2v) is 7.17. The van der Waals surface area contributed by atoms with Crippen molar-refractivity contribution in [2.75, 3.05) is 23.0 Å². The molecule has 2 heterocycles. The van der Waals surface area contributed by atoms with Gasteiger partial charge in [-0.05, 0) is 30.5 Å². The normalized spacial score (nSPS) is 17.3. The number of thiazole rings is 1. The molecule has 1 N–H and O–H groups in total. The van der Waals surface area contributed by atoms with Gasteiger partial charge in [-0.2, -0.15) is 11.8 Å². The molecule has 2 aromatic rings. The maximum Gasteiger partial charge on any atom is 0.231 e. The Hall–Kier alpha value is -1.93. The molecule has 0 bridgehead atoms. The Kier molecular flexibility index (Phi) is 5.15. The highest BCUT2D eigenvalue weighted by Crippen LogP contribution is 2.27. The minimum absolute atomic E-state index is 0.135. The number of anilines is 2. The van der Waals surface area contributed by atoms with Gasteiger partial charge in [0.2, 0.25) is 11.8 Å².